The molecule has 0 unspecified atom stereocenters. The smallest absolute Gasteiger partial charge is 0.340 e. The molecule has 7 heteroatoms. The molecule has 1 rings (SSSR count). The Labute approximate surface area is 103 Å². The largest absolute Gasteiger partial charge is 0.465 e. The van der Waals surface area contributed by atoms with Gasteiger partial charge in [0.1, 0.15) is 0 Å². The summed E-state index contributed by atoms with van der Waals surface area (Å²) in [5.74, 6) is -1.59. The molecule has 7 nitrogen and oxygen atoms in total. The Morgan fingerprint density at radius 3 is 1.83 bits per heavy atom. The summed E-state index contributed by atoms with van der Waals surface area (Å²) in [6.45, 7) is 0. The number of benzene rings is 1. The lowest BCUT2D eigenvalue weighted by Crippen LogP contribution is -2.22. The van der Waals surface area contributed by atoms with Crippen molar-refractivity contribution in [3.05, 3.63) is 29.3 Å². The molecule has 96 valence electrons. The Morgan fingerprint density at radius 2 is 1.50 bits per heavy atom. The summed E-state index contributed by atoms with van der Waals surface area (Å²) in [6, 6.07) is 4.39. The molecule has 0 atom stereocenters. The second kappa shape index (κ2) is 5.67. The summed E-state index contributed by atoms with van der Waals surface area (Å²) in [6.07, 6.45) is 0. The van der Waals surface area contributed by atoms with Gasteiger partial charge in [0, 0.05) is 0 Å². The molecule has 0 radical (unpaired) electrons. The first kappa shape index (κ1) is 13.5. The van der Waals surface area contributed by atoms with Crippen LogP contribution in [0.25, 0.3) is 0 Å². The molecule has 18 heavy (non-hydrogen) atoms. The molecule has 0 aliphatic heterocycles. The van der Waals surface area contributed by atoms with Gasteiger partial charge < -0.3 is 20.9 Å². The highest BCUT2D eigenvalue weighted by atomic mass is 16.5. The van der Waals surface area contributed by atoms with Crippen LogP contribution in [0.4, 0.5) is 5.69 Å². The van der Waals surface area contributed by atoms with Crippen molar-refractivity contribution in [2.45, 2.75) is 0 Å². The van der Waals surface area contributed by atoms with Crippen molar-refractivity contribution in [1.82, 2.24) is 0 Å². The third-order valence-electron chi connectivity index (χ3n) is 2.09. The lowest BCUT2D eigenvalue weighted by molar-refractivity contribution is 0.0601. The number of guanidine groups is 1. The summed E-state index contributed by atoms with van der Waals surface area (Å²) in [4.78, 5) is 26.9. The monoisotopic (exact) mass is 251 g/mol. The van der Waals surface area contributed by atoms with E-state index in [1.54, 1.807) is 0 Å². The Kier molecular flexibility index (Phi) is 4.25. The van der Waals surface area contributed by atoms with Crippen molar-refractivity contribution in [3.8, 4) is 0 Å². The first-order valence-electron chi connectivity index (χ1n) is 4.90. The lowest BCUT2D eigenvalue weighted by Gasteiger charge is -2.08. The molecule has 0 amide bonds. The van der Waals surface area contributed by atoms with Gasteiger partial charge in [-0.15, -0.1) is 0 Å². The van der Waals surface area contributed by atoms with Crippen molar-refractivity contribution >= 4 is 23.6 Å². The van der Waals surface area contributed by atoms with Crippen molar-refractivity contribution < 1.29 is 19.1 Å². The number of carbonyl (C=O) groups is 2. The Morgan fingerprint density at radius 1 is 1.06 bits per heavy atom. The molecular weight excluding hydrogens is 238 g/mol. The highest BCUT2D eigenvalue weighted by Crippen LogP contribution is 2.25. The predicted octanol–water partition coefficient (Wildman–Crippen LogP) is 0.165. The summed E-state index contributed by atoms with van der Waals surface area (Å²) in [7, 11) is 2.43. The number of aliphatic imine (C=N–C) groups is 1. The van der Waals surface area contributed by atoms with E-state index in [2.05, 4.69) is 14.5 Å². The number of nitrogens with zero attached hydrogens (tertiary/aromatic N) is 1. The standard InChI is InChI=1S/C11H13N3O4/c1-17-9(15)6-4-3-5-7(10(16)18-2)8(6)14-11(12)13/h3-5H,1-2H3,(H4,12,13,14). The van der Waals surface area contributed by atoms with Crippen LogP contribution in [-0.2, 0) is 9.47 Å². The fourth-order valence-electron chi connectivity index (χ4n) is 1.34. The van der Waals surface area contributed by atoms with Gasteiger partial charge in [-0.05, 0) is 12.1 Å². The van der Waals surface area contributed by atoms with Gasteiger partial charge in [-0.3, -0.25) is 0 Å². The van der Waals surface area contributed by atoms with Crippen LogP contribution in [0.3, 0.4) is 0 Å². The molecule has 0 aliphatic carbocycles. The topological polar surface area (TPSA) is 117 Å². The molecule has 4 N–H and O–H groups in total. The van der Waals surface area contributed by atoms with Gasteiger partial charge in [0.15, 0.2) is 5.96 Å². The minimum absolute atomic E-state index is 0.0243. The highest BCUT2D eigenvalue weighted by molar-refractivity contribution is 6.04. The zero-order chi connectivity index (χ0) is 13.7. The van der Waals surface area contributed by atoms with Crippen LogP contribution < -0.4 is 11.5 Å². The van der Waals surface area contributed by atoms with Gasteiger partial charge in [0.05, 0.1) is 31.0 Å². The van der Waals surface area contributed by atoms with E-state index in [0.717, 1.165) is 0 Å². The molecular formula is C11H13N3O4. The second-order valence-corrected chi connectivity index (χ2v) is 3.22. The van der Waals surface area contributed by atoms with E-state index in [1.165, 1.54) is 32.4 Å². The molecule has 0 spiro atoms. The first-order valence-corrected chi connectivity index (χ1v) is 4.90. The van der Waals surface area contributed by atoms with Crippen LogP contribution in [0, 0.1) is 0 Å². The Bertz CT molecular complexity index is 473. The quantitative estimate of drug-likeness (QED) is 0.449. The van der Waals surface area contributed by atoms with E-state index >= 15 is 0 Å². The van der Waals surface area contributed by atoms with E-state index in [-0.39, 0.29) is 22.8 Å². The SMILES string of the molecule is COC(=O)c1cccc(C(=O)OC)c1N=C(N)N. The van der Waals surface area contributed by atoms with Crippen LogP contribution >= 0.6 is 0 Å². The van der Waals surface area contributed by atoms with E-state index in [1.807, 2.05) is 0 Å². The molecule has 0 heterocycles. The van der Waals surface area contributed by atoms with E-state index < -0.39 is 11.9 Å². The van der Waals surface area contributed by atoms with Gasteiger partial charge in [-0.1, -0.05) is 6.07 Å². The molecule has 0 saturated heterocycles. The molecule has 0 bridgehead atoms. The van der Waals surface area contributed by atoms with Crippen molar-refractivity contribution in [1.29, 1.82) is 0 Å². The van der Waals surface area contributed by atoms with Gasteiger partial charge in [0.25, 0.3) is 0 Å². The van der Waals surface area contributed by atoms with Crippen LogP contribution in [0.2, 0.25) is 0 Å². The number of para-hydroxylation sites is 1. The number of hydrogen-bond acceptors (Lipinski definition) is 5. The minimum Gasteiger partial charge on any atom is -0.465 e. The second-order valence-electron chi connectivity index (χ2n) is 3.22. The maximum Gasteiger partial charge on any atom is 0.340 e. The Balaban J connectivity index is 3.49. The average Bonchev–Trinajstić information content (AvgIpc) is 2.36. The first-order chi connectivity index (χ1) is 8.51. The van der Waals surface area contributed by atoms with Crippen LogP contribution in [0.15, 0.2) is 23.2 Å². The molecule has 1 aromatic rings. The third-order valence-corrected chi connectivity index (χ3v) is 2.09. The van der Waals surface area contributed by atoms with Crippen molar-refractivity contribution in [2.24, 2.45) is 16.5 Å². The molecule has 1 aromatic carbocycles. The minimum atomic E-state index is -0.652. The van der Waals surface area contributed by atoms with Crippen molar-refractivity contribution in [3.63, 3.8) is 0 Å². The van der Waals surface area contributed by atoms with Gasteiger partial charge in [-0.2, -0.15) is 0 Å². The molecule has 0 aromatic heterocycles. The van der Waals surface area contributed by atoms with E-state index in [9.17, 15) is 9.59 Å². The fraction of sp³-hybridized carbons (Fsp3) is 0.182. The zero-order valence-electron chi connectivity index (χ0n) is 9.97. The lowest BCUT2D eigenvalue weighted by atomic mass is 10.1. The summed E-state index contributed by atoms with van der Waals surface area (Å²) >= 11 is 0. The maximum atomic E-state index is 11.6. The number of esters is 2. The van der Waals surface area contributed by atoms with E-state index in [0.29, 0.717) is 0 Å². The Hall–Kier alpha value is -2.57. The number of ether oxygens (including phenoxy) is 2. The maximum absolute atomic E-state index is 11.6. The molecule has 0 aliphatic rings. The van der Waals surface area contributed by atoms with Crippen LogP contribution in [0.1, 0.15) is 20.7 Å². The van der Waals surface area contributed by atoms with Gasteiger partial charge in [-0.25, -0.2) is 14.6 Å². The number of methoxy groups -OCH3 is 2. The summed E-state index contributed by atoms with van der Waals surface area (Å²) in [5.41, 5.74) is 10.7. The average molecular weight is 251 g/mol. The van der Waals surface area contributed by atoms with E-state index in [4.69, 9.17) is 11.5 Å². The number of hydrogen-bond donors (Lipinski definition) is 2. The fourth-order valence-corrected chi connectivity index (χ4v) is 1.34. The molecule has 0 saturated carbocycles. The predicted molar refractivity (Wildman–Crippen MR) is 64.6 cm³/mol. The number of nitrogens with two attached hydrogens (primary N) is 2. The molecule has 0 fully saturated rings. The summed E-state index contributed by atoms with van der Waals surface area (Å²) < 4.78 is 9.17. The van der Waals surface area contributed by atoms with Gasteiger partial charge >= 0.3 is 11.9 Å². The third kappa shape index (κ3) is 2.76. The number of rotatable bonds is 3. The van der Waals surface area contributed by atoms with Gasteiger partial charge in [0.2, 0.25) is 0 Å². The highest BCUT2D eigenvalue weighted by Gasteiger charge is 2.19. The van der Waals surface area contributed by atoms with Crippen LogP contribution in [0.5, 0.6) is 0 Å². The normalized spacial score (nSPS) is 9.44. The van der Waals surface area contributed by atoms with Crippen molar-refractivity contribution in [2.75, 3.05) is 14.2 Å². The summed E-state index contributed by atoms with van der Waals surface area (Å²) in [5, 5.41) is 0. The number of carbonyl (C=O) groups excluding carboxylic acids is 2. The zero-order valence-corrected chi connectivity index (χ0v) is 9.97. The van der Waals surface area contributed by atoms with Crippen LogP contribution in [-0.4, -0.2) is 32.1 Å².